The summed E-state index contributed by atoms with van der Waals surface area (Å²) < 4.78 is 10.8. The van der Waals surface area contributed by atoms with Gasteiger partial charge in [0.05, 0.1) is 40.4 Å². The van der Waals surface area contributed by atoms with Crippen molar-refractivity contribution in [2.24, 2.45) is 0 Å². The maximum atomic E-state index is 5.43. The fraction of sp³-hybridized carbons (Fsp3) is 0.500. The van der Waals surface area contributed by atoms with Crippen molar-refractivity contribution >= 4 is 17.3 Å². The first-order valence-corrected chi connectivity index (χ1v) is 8.68. The van der Waals surface area contributed by atoms with E-state index >= 15 is 0 Å². The first-order valence-electron chi connectivity index (χ1n) is 8.27. The SMILES string of the molecule is C=CCNC(=S)N1CC[NH+](Cc2cc(OC)c(OC)cc2C)CC1. The Balaban J connectivity index is 1.94. The van der Waals surface area contributed by atoms with Crippen molar-refractivity contribution in [2.45, 2.75) is 13.5 Å². The van der Waals surface area contributed by atoms with Crippen LogP contribution >= 0.6 is 12.2 Å². The molecule has 1 saturated heterocycles. The molecule has 0 unspecified atom stereocenters. The lowest BCUT2D eigenvalue weighted by Crippen LogP contribution is -3.13. The highest BCUT2D eigenvalue weighted by molar-refractivity contribution is 7.80. The predicted octanol–water partition coefficient (Wildman–Crippen LogP) is 0.773. The number of nitrogens with zero attached hydrogens (tertiary/aromatic N) is 1. The van der Waals surface area contributed by atoms with Gasteiger partial charge in [-0.2, -0.15) is 0 Å². The third kappa shape index (κ3) is 4.61. The number of benzene rings is 1. The van der Waals surface area contributed by atoms with Crippen LogP contribution in [0.5, 0.6) is 11.5 Å². The minimum absolute atomic E-state index is 0.719. The Morgan fingerprint density at radius 1 is 1.29 bits per heavy atom. The Morgan fingerprint density at radius 2 is 1.92 bits per heavy atom. The minimum atomic E-state index is 0.719. The first-order chi connectivity index (χ1) is 11.6. The number of nitrogens with one attached hydrogen (secondary N) is 2. The van der Waals surface area contributed by atoms with Crippen molar-refractivity contribution in [3.05, 3.63) is 35.9 Å². The van der Waals surface area contributed by atoms with E-state index in [1.165, 1.54) is 11.1 Å². The number of aryl methyl sites for hydroxylation is 1. The topological polar surface area (TPSA) is 38.2 Å². The molecule has 0 aliphatic carbocycles. The van der Waals surface area contributed by atoms with Crippen LogP contribution in [0.1, 0.15) is 11.1 Å². The Kier molecular flexibility index (Phi) is 6.87. The molecule has 1 aliphatic rings. The predicted molar refractivity (Wildman–Crippen MR) is 101 cm³/mol. The van der Waals surface area contributed by atoms with Crippen LogP contribution in [0.4, 0.5) is 0 Å². The second-order valence-corrected chi connectivity index (χ2v) is 6.41. The van der Waals surface area contributed by atoms with Crippen LogP contribution in [0, 0.1) is 6.92 Å². The molecule has 6 heteroatoms. The minimum Gasteiger partial charge on any atom is -0.493 e. The summed E-state index contributed by atoms with van der Waals surface area (Å²) in [4.78, 5) is 3.80. The smallest absolute Gasteiger partial charge is 0.169 e. The van der Waals surface area contributed by atoms with Gasteiger partial charge in [0.1, 0.15) is 6.54 Å². The molecule has 5 nitrogen and oxygen atoms in total. The molecule has 0 amide bonds. The van der Waals surface area contributed by atoms with Gasteiger partial charge in [0, 0.05) is 12.1 Å². The Hall–Kier alpha value is -1.79. The van der Waals surface area contributed by atoms with Gasteiger partial charge < -0.3 is 24.6 Å². The zero-order chi connectivity index (χ0) is 17.5. The number of methoxy groups -OCH3 is 2. The average molecular weight is 351 g/mol. The lowest BCUT2D eigenvalue weighted by molar-refractivity contribution is -0.917. The zero-order valence-electron chi connectivity index (χ0n) is 14.9. The third-order valence-corrected chi connectivity index (χ3v) is 4.84. The summed E-state index contributed by atoms with van der Waals surface area (Å²) in [6.45, 7) is 11.6. The number of ether oxygens (including phenoxy) is 2. The van der Waals surface area contributed by atoms with Crippen molar-refractivity contribution in [1.82, 2.24) is 10.2 Å². The van der Waals surface area contributed by atoms with E-state index < -0.39 is 0 Å². The number of hydrogen-bond donors (Lipinski definition) is 2. The van der Waals surface area contributed by atoms with Gasteiger partial charge in [0.25, 0.3) is 0 Å². The molecule has 1 aliphatic heterocycles. The molecule has 0 atom stereocenters. The summed E-state index contributed by atoms with van der Waals surface area (Å²) >= 11 is 5.42. The second-order valence-electron chi connectivity index (χ2n) is 6.02. The Bertz CT molecular complexity index is 584. The first kappa shape index (κ1) is 18.5. The molecule has 0 saturated carbocycles. The summed E-state index contributed by atoms with van der Waals surface area (Å²) in [6.07, 6.45) is 1.83. The van der Waals surface area contributed by atoms with Crippen LogP contribution in [-0.4, -0.2) is 57.0 Å². The highest BCUT2D eigenvalue weighted by atomic mass is 32.1. The van der Waals surface area contributed by atoms with E-state index in [0.717, 1.165) is 55.9 Å². The second kappa shape index (κ2) is 8.89. The van der Waals surface area contributed by atoms with E-state index in [1.807, 2.05) is 6.08 Å². The van der Waals surface area contributed by atoms with E-state index in [1.54, 1.807) is 19.1 Å². The lowest BCUT2D eigenvalue weighted by atomic mass is 10.1. The Labute approximate surface area is 150 Å². The monoisotopic (exact) mass is 350 g/mol. The van der Waals surface area contributed by atoms with E-state index in [4.69, 9.17) is 21.7 Å². The molecule has 0 radical (unpaired) electrons. The molecule has 1 fully saturated rings. The number of thiocarbonyl (C=S) groups is 1. The summed E-state index contributed by atoms with van der Waals surface area (Å²) in [5.74, 6) is 1.59. The number of piperazine rings is 1. The molecular weight excluding hydrogens is 322 g/mol. The van der Waals surface area contributed by atoms with Crippen molar-refractivity contribution in [3.8, 4) is 11.5 Å². The van der Waals surface area contributed by atoms with Crippen LogP contribution in [-0.2, 0) is 6.54 Å². The molecule has 24 heavy (non-hydrogen) atoms. The van der Waals surface area contributed by atoms with Crippen molar-refractivity contribution < 1.29 is 14.4 Å². The molecular formula is C18H28N3O2S+. The highest BCUT2D eigenvalue weighted by Gasteiger charge is 2.22. The maximum Gasteiger partial charge on any atom is 0.169 e. The maximum absolute atomic E-state index is 5.43. The molecule has 2 rings (SSSR count). The van der Waals surface area contributed by atoms with Crippen LogP contribution < -0.4 is 19.7 Å². The van der Waals surface area contributed by atoms with E-state index in [9.17, 15) is 0 Å². The van der Waals surface area contributed by atoms with Gasteiger partial charge in [-0.3, -0.25) is 0 Å². The number of quaternary nitrogens is 1. The quantitative estimate of drug-likeness (QED) is 0.586. The van der Waals surface area contributed by atoms with E-state index in [0.29, 0.717) is 0 Å². The molecule has 132 valence electrons. The van der Waals surface area contributed by atoms with Crippen LogP contribution in [0.15, 0.2) is 24.8 Å². The van der Waals surface area contributed by atoms with Crippen molar-refractivity contribution in [1.29, 1.82) is 0 Å². The van der Waals surface area contributed by atoms with Gasteiger partial charge in [-0.25, -0.2) is 0 Å². The van der Waals surface area contributed by atoms with Crippen molar-refractivity contribution in [2.75, 3.05) is 46.9 Å². The van der Waals surface area contributed by atoms with Gasteiger partial charge in [-0.1, -0.05) is 6.08 Å². The fourth-order valence-electron chi connectivity index (χ4n) is 2.96. The van der Waals surface area contributed by atoms with Gasteiger partial charge in [0.15, 0.2) is 16.6 Å². The zero-order valence-corrected chi connectivity index (χ0v) is 15.7. The molecule has 2 N–H and O–H groups in total. The van der Waals surface area contributed by atoms with Crippen molar-refractivity contribution in [3.63, 3.8) is 0 Å². The molecule has 1 aromatic carbocycles. The molecule has 1 aromatic rings. The number of rotatable bonds is 6. The van der Waals surface area contributed by atoms with E-state index in [2.05, 4.69) is 35.9 Å². The fourth-order valence-corrected chi connectivity index (χ4v) is 3.22. The Morgan fingerprint density at radius 3 is 2.50 bits per heavy atom. The molecule has 1 heterocycles. The summed E-state index contributed by atoms with van der Waals surface area (Å²) in [7, 11) is 3.35. The van der Waals surface area contributed by atoms with E-state index in [-0.39, 0.29) is 0 Å². The van der Waals surface area contributed by atoms with Crippen LogP contribution in [0.25, 0.3) is 0 Å². The largest absolute Gasteiger partial charge is 0.493 e. The molecule has 0 spiro atoms. The van der Waals surface area contributed by atoms with Gasteiger partial charge >= 0.3 is 0 Å². The molecule has 0 bridgehead atoms. The summed E-state index contributed by atoms with van der Waals surface area (Å²) in [6, 6.07) is 4.15. The number of hydrogen-bond acceptors (Lipinski definition) is 3. The van der Waals surface area contributed by atoms with Crippen LogP contribution in [0.2, 0.25) is 0 Å². The summed E-state index contributed by atoms with van der Waals surface area (Å²) in [5, 5.41) is 4.03. The standard InChI is InChI=1S/C18H27N3O2S/c1-5-6-19-18(24)21-9-7-20(8-10-21)13-15-12-17(23-4)16(22-3)11-14(15)2/h5,11-12H,1,6-10,13H2,2-4H3,(H,19,24)/p+1. The van der Waals surface area contributed by atoms with Gasteiger partial charge in [-0.05, 0) is 36.8 Å². The molecule has 0 aromatic heterocycles. The average Bonchev–Trinajstić information content (AvgIpc) is 2.61. The normalized spacial score (nSPS) is 15.0. The lowest BCUT2D eigenvalue weighted by Gasteiger charge is -2.34. The van der Waals surface area contributed by atoms with Gasteiger partial charge in [0.2, 0.25) is 0 Å². The third-order valence-electron chi connectivity index (χ3n) is 4.44. The van der Waals surface area contributed by atoms with Gasteiger partial charge in [-0.15, -0.1) is 6.58 Å². The van der Waals surface area contributed by atoms with Crippen LogP contribution in [0.3, 0.4) is 0 Å². The highest BCUT2D eigenvalue weighted by Crippen LogP contribution is 2.29. The summed E-state index contributed by atoms with van der Waals surface area (Å²) in [5.41, 5.74) is 2.55.